The molecule has 2 aromatic carbocycles. The smallest absolute Gasteiger partial charge is 0.200 e. The number of benzene rings is 2. The Bertz CT molecular complexity index is 562. The summed E-state index contributed by atoms with van der Waals surface area (Å²) in [6.45, 7) is 3.66. The normalized spacial score (nSPS) is 10.3. The van der Waals surface area contributed by atoms with Crippen molar-refractivity contribution in [3.05, 3.63) is 58.7 Å². The average molecular weight is 242 g/mol. The van der Waals surface area contributed by atoms with Crippen LogP contribution in [0.25, 0.3) is 0 Å². The van der Waals surface area contributed by atoms with E-state index < -0.39 is 0 Å². The molecule has 0 bridgehead atoms. The number of carbonyl (C=O) groups is 1. The Morgan fingerprint density at radius 2 is 1.22 bits per heavy atom. The van der Waals surface area contributed by atoms with Gasteiger partial charge in [-0.25, -0.2) is 0 Å². The SMILES string of the molecule is Cc1ccc(C(=O)c2ccc(C)cc2O)c(O)c1. The molecule has 3 nitrogen and oxygen atoms in total. The summed E-state index contributed by atoms with van der Waals surface area (Å²) in [7, 11) is 0. The maximum atomic E-state index is 12.2. The lowest BCUT2D eigenvalue weighted by Crippen LogP contribution is -2.02. The summed E-state index contributed by atoms with van der Waals surface area (Å²) < 4.78 is 0. The zero-order valence-electron chi connectivity index (χ0n) is 10.3. The molecule has 0 amide bonds. The van der Waals surface area contributed by atoms with Crippen LogP contribution < -0.4 is 0 Å². The van der Waals surface area contributed by atoms with Crippen molar-refractivity contribution in [2.45, 2.75) is 13.8 Å². The van der Waals surface area contributed by atoms with Gasteiger partial charge in [0.2, 0.25) is 0 Å². The van der Waals surface area contributed by atoms with Gasteiger partial charge in [0.15, 0.2) is 5.78 Å². The van der Waals surface area contributed by atoms with Gasteiger partial charge in [-0.1, -0.05) is 12.1 Å². The van der Waals surface area contributed by atoms with Crippen LogP contribution in [0.1, 0.15) is 27.0 Å². The minimum atomic E-state index is -0.384. The number of carbonyl (C=O) groups excluding carboxylic acids is 1. The Kier molecular flexibility index (Phi) is 3.06. The van der Waals surface area contributed by atoms with Crippen molar-refractivity contribution in [3.63, 3.8) is 0 Å². The van der Waals surface area contributed by atoms with Gasteiger partial charge in [0.05, 0.1) is 11.1 Å². The lowest BCUT2D eigenvalue weighted by molar-refractivity contribution is 0.103. The van der Waals surface area contributed by atoms with Crippen LogP contribution in [-0.4, -0.2) is 16.0 Å². The lowest BCUT2D eigenvalue weighted by atomic mass is 9.99. The fraction of sp³-hybridized carbons (Fsp3) is 0.133. The molecule has 0 spiro atoms. The van der Waals surface area contributed by atoms with Crippen LogP contribution in [0.4, 0.5) is 0 Å². The average Bonchev–Trinajstić information content (AvgIpc) is 2.28. The number of phenols is 2. The minimum absolute atomic E-state index is 0.0695. The molecule has 3 heteroatoms. The van der Waals surface area contributed by atoms with Crippen LogP contribution in [0.15, 0.2) is 36.4 Å². The van der Waals surface area contributed by atoms with E-state index in [4.69, 9.17) is 0 Å². The van der Waals surface area contributed by atoms with Crippen LogP contribution in [0.3, 0.4) is 0 Å². The number of phenolic OH excluding ortho intramolecular Hbond substituents is 2. The molecule has 0 aliphatic rings. The number of aryl methyl sites for hydroxylation is 2. The summed E-state index contributed by atoms with van der Waals surface area (Å²) in [5.74, 6) is -0.523. The van der Waals surface area contributed by atoms with E-state index in [0.717, 1.165) is 11.1 Å². The Morgan fingerprint density at radius 1 is 0.833 bits per heavy atom. The molecule has 0 fully saturated rings. The topological polar surface area (TPSA) is 57.5 Å². The molecule has 2 rings (SSSR count). The Balaban J connectivity index is 2.48. The van der Waals surface area contributed by atoms with Gasteiger partial charge in [0.1, 0.15) is 11.5 Å². The highest BCUT2D eigenvalue weighted by Crippen LogP contribution is 2.26. The summed E-state index contributed by atoms with van der Waals surface area (Å²) >= 11 is 0. The summed E-state index contributed by atoms with van der Waals surface area (Å²) in [5, 5.41) is 19.5. The number of aromatic hydroxyl groups is 2. The number of ketones is 1. The zero-order chi connectivity index (χ0) is 13.3. The van der Waals surface area contributed by atoms with Crippen molar-refractivity contribution in [1.82, 2.24) is 0 Å². The van der Waals surface area contributed by atoms with Crippen molar-refractivity contribution >= 4 is 5.78 Å². The fourth-order valence-corrected chi connectivity index (χ4v) is 1.81. The van der Waals surface area contributed by atoms with Gasteiger partial charge in [0, 0.05) is 0 Å². The van der Waals surface area contributed by atoms with Gasteiger partial charge in [-0.3, -0.25) is 4.79 Å². The van der Waals surface area contributed by atoms with Crippen molar-refractivity contribution < 1.29 is 15.0 Å². The van der Waals surface area contributed by atoms with E-state index in [0.29, 0.717) is 0 Å². The molecular weight excluding hydrogens is 228 g/mol. The minimum Gasteiger partial charge on any atom is -0.507 e. The van der Waals surface area contributed by atoms with Gasteiger partial charge < -0.3 is 10.2 Å². The van der Waals surface area contributed by atoms with Gasteiger partial charge in [-0.05, 0) is 49.2 Å². The van der Waals surface area contributed by atoms with Crippen LogP contribution in [0.2, 0.25) is 0 Å². The van der Waals surface area contributed by atoms with Gasteiger partial charge in [0.25, 0.3) is 0 Å². The molecule has 2 aromatic rings. The number of rotatable bonds is 2. The summed E-state index contributed by atoms with van der Waals surface area (Å²) in [5.41, 5.74) is 2.13. The van der Waals surface area contributed by atoms with Crippen LogP contribution >= 0.6 is 0 Å². The lowest BCUT2D eigenvalue weighted by Gasteiger charge is -2.07. The first-order chi connectivity index (χ1) is 8.49. The quantitative estimate of drug-likeness (QED) is 0.796. The summed E-state index contributed by atoms with van der Waals surface area (Å²) in [6.07, 6.45) is 0. The van der Waals surface area contributed by atoms with Gasteiger partial charge >= 0.3 is 0 Å². The molecule has 0 aliphatic carbocycles. The van der Waals surface area contributed by atoms with Crippen molar-refractivity contribution in [1.29, 1.82) is 0 Å². The van der Waals surface area contributed by atoms with E-state index in [1.165, 1.54) is 12.1 Å². The van der Waals surface area contributed by atoms with Gasteiger partial charge in [-0.15, -0.1) is 0 Å². The number of hydrogen-bond acceptors (Lipinski definition) is 3. The molecule has 2 N–H and O–H groups in total. The molecule has 0 aromatic heterocycles. The van der Waals surface area contributed by atoms with Crippen molar-refractivity contribution in [2.24, 2.45) is 0 Å². The van der Waals surface area contributed by atoms with Gasteiger partial charge in [-0.2, -0.15) is 0 Å². The zero-order valence-corrected chi connectivity index (χ0v) is 10.3. The van der Waals surface area contributed by atoms with Crippen molar-refractivity contribution in [2.75, 3.05) is 0 Å². The van der Waals surface area contributed by atoms with E-state index >= 15 is 0 Å². The Hall–Kier alpha value is -2.29. The third-order valence-corrected chi connectivity index (χ3v) is 2.80. The maximum absolute atomic E-state index is 12.2. The van der Waals surface area contributed by atoms with E-state index in [1.807, 2.05) is 13.8 Å². The van der Waals surface area contributed by atoms with E-state index in [9.17, 15) is 15.0 Å². The van der Waals surface area contributed by atoms with E-state index in [-0.39, 0.29) is 28.4 Å². The molecule has 18 heavy (non-hydrogen) atoms. The molecule has 0 atom stereocenters. The Labute approximate surface area is 105 Å². The first-order valence-corrected chi connectivity index (χ1v) is 5.63. The molecule has 0 saturated heterocycles. The maximum Gasteiger partial charge on any atom is 0.200 e. The first kappa shape index (κ1) is 12.2. The summed E-state index contributed by atoms with van der Waals surface area (Å²) in [6, 6.07) is 9.67. The van der Waals surface area contributed by atoms with Crippen LogP contribution in [0.5, 0.6) is 11.5 Å². The first-order valence-electron chi connectivity index (χ1n) is 5.63. The van der Waals surface area contributed by atoms with Crippen molar-refractivity contribution in [3.8, 4) is 11.5 Å². The highest BCUT2D eigenvalue weighted by atomic mass is 16.3. The second-order valence-electron chi connectivity index (χ2n) is 4.37. The Morgan fingerprint density at radius 3 is 1.56 bits per heavy atom. The number of hydrogen-bond donors (Lipinski definition) is 2. The molecule has 0 unspecified atom stereocenters. The molecule has 92 valence electrons. The second-order valence-corrected chi connectivity index (χ2v) is 4.37. The third kappa shape index (κ3) is 2.20. The second kappa shape index (κ2) is 4.53. The molecule has 0 saturated carbocycles. The standard InChI is InChI=1S/C15H14O3/c1-9-3-5-11(13(16)7-9)15(18)12-6-4-10(2)8-14(12)17/h3-8,16-17H,1-2H3. The third-order valence-electron chi connectivity index (χ3n) is 2.80. The predicted octanol–water partition coefficient (Wildman–Crippen LogP) is 2.95. The fourth-order valence-electron chi connectivity index (χ4n) is 1.81. The monoisotopic (exact) mass is 242 g/mol. The molecule has 0 radical (unpaired) electrons. The molecular formula is C15H14O3. The highest BCUT2D eigenvalue weighted by molar-refractivity contribution is 6.12. The summed E-state index contributed by atoms with van der Waals surface area (Å²) in [4.78, 5) is 12.2. The largest absolute Gasteiger partial charge is 0.507 e. The van der Waals surface area contributed by atoms with E-state index in [1.54, 1.807) is 24.3 Å². The van der Waals surface area contributed by atoms with Crippen LogP contribution in [0, 0.1) is 13.8 Å². The highest BCUT2D eigenvalue weighted by Gasteiger charge is 2.16. The van der Waals surface area contributed by atoms with E-state index in [2.05, 4.69) is 0 Å². The predicted molar refractivity (Wildman–Crippen MR) is 69.1 cm³/mol. The molecule has 0 aliphatic heterocycles. The molecule has 0 heterocycles. The van der Waals surface area contributed by atoms with Crippen LogP contribution in [-0.2, 0) is 0 Å².